The van der Waals surface area contributed by atoms with Gasteiger partial charge in [-0.2, -0.15) is 5.26 Å². The zero-order chi connectivity index (χ0) is 17.0. The maximum atomic E-state index is 12.0. The van der Waals surface area contributed by atoms with Crippen molar-refractivity contribution in [1.82, 2.24) is 9.88 Å². The van der Waals surface area contributed by atoms with Crippen molar-refractivity contribution in [2.75, 3.05) is 31.6 Å². The molecule has 1 aliphatic rings. The smallest absolute Gasteiger partial charge is 0.410 e. The number of anilines is 1. The van der Waals surface area contributed by atoms with Crippen molar-refractivity contribution in [3.63, 3.8) is 0 Å². The zero-order valence-electron chi connectivity index (χ0n) is 14.2. The summed E-state index contributed by atoms with van der Waals surface area (Å²) in [6.45, 7) is 8.03. The van der Waals surface area contributed by atoms with E-state index in [1.807, 2.05) is 26.8 Å². The predicted octanol–water partition coefficient (Wildman–Crippen LogP) is 2.65. The fraction of sp³-hybridized carbons (Fsp3) is 0.588. The summed E-state index contributed by atoms with van der Waals surface area (Å²) in [4.78, 5) is 20.2. The summed E-state index contributed by atoms with van der Waals surface area (Å²) >= 11 is 0. The molecule has 0 aliphatic carbocycles. The average Bonchev–Trinajstić information content (AvgIpc) is 2.94. The van der Waals surface area contributed by atoms with Crippen LogP contribution in [-0.4, -0.2) is 48.3 Å². The van der Waals surface area contributed by atoms with Gasteiger partial charge in [0, 0.05) is 32.9 Å². The number of hydrogen-bond acceptors (Lipinski definition) is 5. The standard InChI is InChI=1S/C17H24N4O2/c1-17(2,3)23-16(22)20(4)11-14-7-8-21(12-14)15-6-5-13(9-18)10-19-15/h5-6,10,14H,7-8,11-12H2,1-4H3. The molecule has 1 amide bonds. The molecule has 1 aliphatic heterocycles. The number of aromatic nitrogens is 1. The monoisotopic (exact) mass is 316 g/mol. The van der Waals surface area contributed by atoms with Gasteiger partial charge >= 0.3 is 6.09 Å². The first-order valence-electron chi connectivity index (χ1n) is 7.83. The first-order chi connectivity index (χ1) is 10.8. The number of amides is 1. The topological polar surface area (TPSA) is 69.5 Å². The normalized spacial score (nSPS) is 17.7. The van der Waals surface area contributed by atoms with Crippen molar-refractivity contribution in [3.05, 3.63) is 23.9 Å². The molecule has 1 saturated heterocycles. The second kappa shape index (κ2) is 6.86. The molecule has 6 heteroatoms. The summed E-state index contributed by atoms with van der Waals surface area (Å²) in [5.41, 5.74) is 0.0913. The Labute approximate surface area is 137 Å². The number of nitriles is 1. The second-order valence-corrected chi connectivity index (χ2v) is 6.98. The van der Waals surface area contributed by atoms with E-state index in [0.717, 1.165) is 25.3 Å². The molecule has 0 aromatic carbocycles. The molecule has 6 nitrogen and oxygen atoms in total. The van der Waals surface area contributed by atoms with Crippen molar-refractivity contribution in [2.45, 2.75) is 32.8 Å². The van der Waals surface area contributed by atoms with Crippen LogP contribution >= 0.6 is 0 Å². The molecule has 0 saturated carbocycles. The highest BCUT2D eigenvalue weighted by Gasteiger charge is 2.27. The van der Waals surface area contributed by atoms with Gasteiger partial charge in [0.2, 0.25) is 0 Å². The third kappa shape index (κ3) is 4.85. The summed E-state index contributed by atoms with van der Waals surface area (Å²) < 4.78 is 5.38. The van der Waals surface area contributed by atoms with Gasteiger partial charge in [-0.1, -0.05) is 0 Å². The molecule has 1 aromatic heterocycles. The molecule has 2 rings (SSSR count). The first kappa shape index (κ1) is 17.1. The average molecular weight is 316 g/mol. The van der Waals surface area contributed by atoms with Gasteiger partial charge in [-0.05, 0) is 45.2 Å². The van der Waals surface area contributed by atoms with Crippen LogP contribution in [0, 0.1) is 17.2 Å². The Morgan fingerprint density at radius 3 is 2.83 bits per heavy atom. The van der Waals surface area contributed by atoms with Crippen LogP contribution in [-0.2, 0) is 4.74 Å². The number of hydrogen-bond donors (Lipinski definition) is 0. The van der Waals surface area contributed by atoms with E-state index in [1.165, 1.54) is 0 Å². The minimum absolute atomic E-state index is 0.285. The Hall–Kier alpha value is -2.29. The van der Waals surface area contributed by atoms with Crippen LogP contribution < -0.4 is 4.90 Å². The van der Waals surface area contributed by atoms with Gasteiger partial charge in [0.1, 0.15) is 17.5 Å². The van der Waals surface area contributed by atoms with E-state index in [2.05, 4.69) is 16.0 Å². The summed E-state index contributed by atoms with van der Waals surface area (Å²) in [6, 6.07) is 5.73. The molecule has 1 atom stereocenters. The third-order valence-electron chi connectivity index (χ3n) is 3.72. The highest BCUT2D eigenvalue weighted by Crippen LogP contribution is 2.23. The number of pyridine rings is 1. The molecular weight excluding hydrogens is 292 g/mol. The van der Waals surface area contributed by atoms with Gasteiger partial charge in [-0.3, -0.25) is 0 Å². The lowest BCUT2D eigenvalue weighted by molar-refractivity contribution is 0.0277. The van der Waals surface area contributed by atoms with E-state index in [1.54, 1.807) is 24.2 Å². The quantitative estimate of drug-likeness (QED) is 0.857. The molecule has 0 N–H and O–H groups in total. The largest absolute Gasteiger partial charge is 0.444 e. The lowest BCUT2D eigenvalue weighted by Crippen LogP contribution is -2.37. The van der Waals surface area contributed by atoms with E-state index >= 15 is 0 Å². The molecular formula is C17H24N4O2. The van der Waals surface area contributed by atoms with Crippen molar-refractivity contribution >= 4 is 11.9 Å². The van der Waals surface area contributed by atoms with Gasteiger partial charge in [0.25, 0.3) is 0 Å². The van der Waals surface area contributed by atoms with Gasteiger partial charge in [-0.15, -0.1) is 0 Å². The van der Waals surface area contributed by atoms with Crippen LogP contribution in [0.25, 0.3) is 0 Å². The van der Waals surface area contributed by atoms with Crippen molar-refractivity contribution in [2.24, 2.45) is 5.92 Å². The van der Waals surface area contributed by atoms with E-state index in [9.17, 15) is 4.79 Å². The van der Waals surface area contributed by atoms with E-state index in [0.29, 0.717) is 18.0 Å². The SMILES string of the molecule is CN(CC1CCN(c2ccc(C#N)cn2)C1)C(=O)OC(C)(C)C. The molecule has 1 unspecified atom stereocenters. The van der Waals surface area contributed by atoms with Crippen LogP contribution in [0.1, 0.15) is 32.8 Å². The fourth-order valence-electron chi connectivity index (χ4n) is 2.63. The Kier molecular flexibility index (Phi) is 5.09. The van der Waals surface area contributed by atoms with Gasteiger partial charge in [-0.25, -0.2) is 9.78 Å². The van der Waals surface area contributed by atoms with E-state index in [4.69, 9.17) is 10.00 Å². The number of nitrogens with zero attached hydrogens (tertiary/aromatic N) is 4. The Morgan fingerprint density at radius 1 is 1.52 bits per heavy atom. The zero-order valence-corrected chi connectivity index (χ0v) is 14.2. The fourth-order valence-corrected chi connectivity index (χ4v) is 2.63. The van der Waals surface area contributed by atoms with Crippen LogP contribution in [0.3, 0.4) is 0 Å². The van der Waals surface area contributed by atoms with Crippen molar-refractivity contribution in [3.8, 4) is 6.07 Å². The molecule has 23 heavy (non-hydrogen) atoms. The van der Waals surface area contributed by atoms with Crippen LogP contribution in [0.15, 0.2) is 18.3 Å². The van der Waals surface area contributed by atoms with Crippen molar-refractivity contribution < 1.29 is 9.53 Å². The molecule has 124 valence electrons. The number of rotatable bonds is 3. The molecule has 0 radical (unpaired) electrons. The number of carbonyl (C=O) groups excluding carboxylic acids is 1. The van der Waals surface area contributed by atoms with Crippen molar-refractivity contribution in [1.29, 1.82) is 5.26 Å². The minimum Gasteiger partial charge on any atom is -0.444 e. The van der Waals surface area contributed by atoms with Crippen LogP contribution in [0.2, 0.25) is 0 Å². The van der Waals surface area contributed by atoms with E-state index < -0.39 is 5.60 Å². The van der Waals surface area contributed by atoms with Gasteiger partial charge in [0.05, 0.1) is 5.56 Å². The van der Waals surface area contributed by atoms with Crippen LogP contribution in [0.4, 0.5) is 10.6 Å². The second-order valence-electron chi connectivity index (χ2n) is 6.98. The maximum Gasteiger partial charge on any atom is 0.410 e. The molecule has 1 fully saturated rings. The Balaban J connectivity index is 1.87. The summed E-state index contributed by atoms with van der Waals surface area (Å²) in [5.74, 6) is 1.27. The van der Waals surface area contributed by atoms with Crippen LogP contribution in [0.5, 0.6) is 0 Å². The minimum atomic E-state index is -0.473. The summed E-state index contributed by atoms with van der Waals surface area (Å²) in [5, 5.41) is 8.81. The number of ether oxygens (including phenoxy) is 1. The Bertz CT molecular complexity index is 586. The van der Waals surface area contributed by atoms with E-state index in [-0.39, 0.29) is 6.09 Å². The predicted molar refractivity (Wildman–Crippen MR) is 88.1 cm³/mol. The highest BCUT2D eigenvalue weighted by atomic mass is 16.6. The lowest BCUT2D eigenvalue weighted by atomic mass is 10.1. The Morgan fingerprint density at radius 2 is 2.26 bits per heavy atom. The molecule has 0 spiro atoms. The summed E-state index contributed by atoms with van der Waals surface area (Å²) in [7, 11) is 1.77. The maximum absolute atomic E-state index is 12.0. The first-order valence-corrected chi connectivity index (χ1v) is 7.83. The third-order valence-corrected chi connectivity index (χ3v) is 3.72. The van der Waals surface area contributed by atoms with Gasteiger partial charge in [0.15, 0.2) is 0 Å². The molecule has 1 aromatic rings. The van der Waals surface area contributed by atoms with Gasteiger partial charge < -0.3 is 14.5 Å². The lowest BCUT2D eigenvalue weighted by Gasteiger charge is -2.26. The molecule has 2 heterocycles. The highest BCUT2D eigenvalue weighted by molar-refractivity contribution is 5.67. The summed E-state index contributed by atoms with van der Waals surface area (Å²) in [6.07, 6.45) is 2.32. The molecule has 0 bridgehead atoms. The number of carbonyl (C=O) groups is 1.